The fourth-order valence-electron chi connectivity index (χ4n) is 1.48. The van der Waals surface area contributed by atoms with E-state index in [-0.39, 0.29) is 5.82 Å². The molecule has 1 N–H and O–H groups in total. The number of nitrogens with one attached hydrogen (secondary N) is 1. The number of anilines is 1. The van der Waals surface area contributed by atoms with Gasteiger partial charge in [-0.3, -0.25) is 4.98 Å². The number of benzene rings is 1. The van der Waals surface area contributed by atoms with Gasteiger partial charge in [-0.15, -0.1) is 0 Å². The summed E-state index contributed by atoms with van der Waals surface area (Å²) in [7, 11) is 0. The third-order valence-corrected chi connectivity index (χ3v) is 2.43. The Labute approximate surface area is 94.2 Å². The molecule has 0 saturated heterocycles. The zero-order valence-corrected chi connectivity index (χ0v) is 9.07. The molecule has 82 valence electrons. The maximum atomic E-state index is 13.0. The van der Waals surface area contributed by atoms with Crippen LogP contribution >= 0.6 is 0 Å². The number of aromatic nitrogens is 1. The van der Waals surface area contributed by atoms with Gasteiger partial charge in [-0.05, 0) is 42.3 Å². The van der Waals surface area contributed by atoms with Crippen LogP contribution in [0.4, 0.5) is 10.1 Å². The lowest BCUT2D eigenvalue weighted by Crippen LogP contribution is -2.01. The van der Waals surface area contributed by atoms with Crippen LogP contribution in [0.25, 0.3) is 0 Å². The summed E-state index contributed by atoms with van der Waals surface area (Å²) < 4.78 is 13.0. The molecule has 0 radical (unpaired) electrons. The molecule has 0 atom stereocenters. The quantitative estimate of drug-likeness (QED) is 0.852. The van der Waals surface area contributed by atoms with Crippen molar-refractivity contribution in [2.24, 2.45) is 0 Å². The van der Waals surface area contributed by atoms with Gasteiger partial charge in [-0.2, -0.15) is 0 Å². The second-order valence-electron chi connectivity index (χ2n) is 3.67. The normalized spacial score (nSPS) is 10.1. The number of aryl methyl sites for hydroxylation is 1. The minimum absolute atomic E-state index is 0.220. The van der Waals surface area contributed by atoms with Crippen LogP contribution < -0.4 is 5.32 Å². The Morgan fingerprint density at radius 2 is 1.94 bits per heavy atom. The van der Waals surface area contributed by atoms with Gasteiger partial charge in [-0.25, -0.2) is 4.39 Å². The lowest BCUT2D eigenvalue weighted by atomic mass is 10.2. The molecule has 1 aromatic heterocycles. The molecule has 2 nitrogen and oxygen atoms in total. The first kappa shape index (κ1) is 10.6. The van der Waals surface area contributed by atoms with Crippen LogP contribution in [0.2, 0.25) is 0 Å². The fraction of sp³-hybridized carbons (Fsp3) is 0.154. The van der Waals surface area contributed by atoms with Crippen molar-refractivity contribution in [2.75, 3.05) is 5.32 Å². The Kier molecular flexibility index (Phi) is 3.15. The van der Waals surface area contributed by atoms with Crippen molar-refractivity contribution in [1.82, 2.24) is 4.98 Å². The van der Waals surface area contributed by atoms with Gasteiger partial charge in [0.15, 0.2) is 0 Å². The standard InChI is InChI=1S/C13H13FN2/c1-10-2-3-12(14)8-13(10)16-9-11-4-6-15-7-5-11/h2-8,16H,9H2,1H3. The van der Waals surface area contributed by atoms with Crippen LogP contribution in [0, 0.1) is 12.7 Å². The third-order valence-electron chi connectivity index (χ3n) is 2.43. The van der Waals surface area contributed by atoms with Crippen LogP contribution in [0.15, 0.2) is 42.7 Å². The predicted molar refractivity (Wildman–Crippen MR) is 62.7 cm³/mol. The van der Waals surface area contributed by atoms with E-state index in [0.29, 0.717) is 6.54 Å². The predicted octanol–water partition coefficient (Wildman–Crippen LogP) is 3.14. The van der Waals surface area contributed by atoms with Gasteiger partial charge in [0.25, 0.3) is 0 Å². The zero-order valence-electron chi connectivity index (χ0n) is 9.07. The molecule has 1 aromatic carbocycles. The summed E-state index contributed by atoms with van der Waals surface area (Å²) in [5, 5.41) is 3.20. The molecule has 1 heterocycles. The minimum Gasteiger partial charge on any atom is -0.381 e. The Hall–Kier alpha value is -1.90. The largest absolute Gasteiger partial charge is 0.381 e. The van der Waals surface area contributed by atoms with E-state index in [0.717, 1.165) is 16.8 Å². The smallest absolute Gasteiger partial charge is 0.125 e. The zero-order chi connectivity index (χ0) is 11.4. The average Bonchev–Trinajstić information content (AvgIpc) is 2.32. The lowest BCUT2D eigenvalue weighted by Gasteiger charge is -2.09. The summed E-state index contributed by atoms with van der Waals surface area (Å²) in [6.45, 7) is 2.63. The van der Waals surface area contributed by atoms with Crippen LogP contribution in [0.3, 0.4) is 0 Å². The number of hydrogen-bond donors (Lipinski definition) is 1. The van der Waals surface area contributed by atoms with Gasteiger partial charge in [0, 0.05) is 24.6 Å². The van der Waals surface area contributed by atoms with Crippen LogP contribution in [0.1, 0.15) is 11.1 Å². The highest BCUT2D eigenvalue weighted by Gasteiger charge is 1.99. The SMILES string of the molecule is Cc1ccc(F)cc1NCc1ccncc1. The summed E-state index contributed by atoms with van der Waals surface area (Å²) in [4.78, 5) is 3.94. The van der Waals surface area contributed by atoms with Gasteiger partial charge in [0.05, 0.1) is 0 Å². The molecule has 16 heavy (non-hydrogen) atoms. The van der Waals surface area contributed by atoms with Crippen LogP contribution in [-0.2, 0) is 6.54 Å². The van der Waals surface area contributed by atoms with E-state index < -0.39 is 0 Å². The first-order valence-corrected chi connectivity index (χ1v) is 5.14. The van der Waals surface area contributed by atoms with Crippen LogP contribution in [-0.4, -0.2) is 4.98 Å². The number of rotatable bonds is 3. The molecule has 0 spiro atoms. The van der Waals surface area contributed by atoms with Gasteiger partial charge >= 0.3 is 0 Å². The number of halogens is 1. The number of pyridine rings is 1. The molecule has 0 aliphatic heterocycles. The van der Waals surface area contributed by atoms with E-state index >= 15 is 0 Å². The molecule has 0 bridgehead atoms. The molecular weight excluding hydrogens is 203 g/mol. The van der Waals surface area contributed by atoms with Crippen molar-refractivity contribution in [3.8, 4) is 0 Å². The molecule has 0 amide bonds. The fourth-order valence-corrected chi connectivity index (χ4v) is 1.48. The van der Waals surface area contributed by atoms with Gasteiger partial charge in [0.1, 0.15) is 5.82 Å². The second kappa shape index (κ2) is 4.75. The molecule has 0 fully saturated rings. The first-order valence-electron chi connectivity index (χ1n) is 5.14. The monoisotopic (exact) mass is 216 g/mol. The highest BCUT2D eigenvalue weighted by Crippen LogP contribution is 2.16. The van der Waals surface area contributed by atoms with Gasteiger partial charge < -0.3 is 5.32 Å². The van der Waals surface area contributed by atoms with Crippen molar-refractivity contribution in [3.63, 3.8) is 0 Å². The molecule has 3 heteroatoms. The molecule has 2 aromatic rings. The van der Waals surface area contributed by atoms with Gasteiger partial charge in [-0.1, -0.05) is 6.07 Å². The van der Waals surface area contributed by atoms with Crippen LogP contribution in [0.5, 0.6) is 0 Å². The Morgan fingerprint density at radius 3 is 2.69 bits per heavy atom. The third kappa shape index (κ3) is 2.57. The highest BCUT2D eigenvalue weighted by molar-refractivity contribution is 5.50. The second-order valence-corrected chi connectivity index (χ2v) is 3.67. The summed E-state index contributed by atoms with van der Waals surface area (Å²) in [5.41, 5.74) is 2.99. The highest BCUT2D eigenvalue weighted by atomic mass is 19.1. The molecule has 0 saturated carbocycles. The van der Waals surface area contributed by atoms with E-state index in [4.69, 9.17) is 0 Å². The Balaban J connectivity index is 2.08. The van der Waals surface area contributed by atoms with E-state index in [2.05, 4.69) is 10.3 Å². The van der Waals surface area contributed by atoms with Crippen molar-refractivity contribution in [3.05, 3.63) is 59.7 Å². The summed E-state index contributed by atoms with van der Waals surface area (Å²) in [6, 6.07) is 8.61. The van der Waals surface area contributed by atoms with E-state index in [1.165, 1.54) is 12.1 Å². The van der Waals surface area contributed by atoms with Crippen molar-refractivity contribution >= 4 is 5.69 Å². The van der Waals surface area contributed by atoms with Crippen molar-refractivity contribution < 1.29 is 4.39 Å². The molecule has 0 aliphatic rings. The Bertz CT molecular complexity index is 469. The lowest BCUT2D eigenvalue weighted by molar-refractivity contribution is 0.628. The number of nitrogens with zero attached hydrogens (tertiary/aromatic N) is 1. The van der Waals surface area contributed by atoms with Gasteiger partial charge in [0.2, 0.25) is 0 Å². The van der Waals surface area contributed by atoms with Crippen molar-refractivity contribution in [1.29, 1.82) is 0 Å². The summed E-state index contributed by atoms with van der Waals surface area (Å²) in [5.74, 6) is -0.220. The topological polar surface area (TPSA) is 24.9 Å². The molecule has 0 unspecified atom stereocenters. The van der Waals surface area contributed by atoms with Crippen molar-refractivity contribution in [2.45, 2.75) is 13.5 Å². The summed E-state index contributed by atoms with van der Waals surface area (Å²) in [6.07, 6.45) is 3.49. The minimum atomic E-state index is -0.220. The number of hydrogen-bond acceptors (Lipinski definition) is 2. The maximum Gasteiger partial charge on any atom is 0.125 e. The summed E-state index contributed by atoms with van der Waals surface area (Å²) >= 11 is 0. The Morgan fingerprint density at radius 1 is 1.19 bits per heavy atom. The molecule has 0 aliphatic carbocycles. The van der Waals surface area contributed by atoms with E-state index in [1.54, 1.807) is 18.5 Å². The van der Waals surface area contributed by atoms with E-state index in [1.807, 2.05) is 19.1 Å². The molecular formula is C13H13FN2. The van der Waals surface area contributed by atoms with E-state index in [9.17, 15) is 4.39 Å². The average molecular weight is 216 g/mol. The molecule has 2 rings (SSSR count). The maximum absolute atomic E-state index is 13.0. The first-order chi connectivity index (χ1) is 7.75.